The molecule has 18 heavy (non-hydrogen) atoms. The van der Waals surface area contributed by atoms with E-state index in [4.69, 9.17) is 9.47 Å². The van der Waals surface area contributed by atoms with Crippen molar-refractivity contribution >= 4 is 11.4 Å². The molecule has 0 saturated heterocycles. The fourth-order valence-corrected chi connectivity index (χ4v) is 1.58. The first-order valence-electron chi connectivity index (χ1n) is 5.75. The van der Waals surface area contributed by atoms with Crippen molar-refractivity contribution in [2.45, 2.75) is 6.92 Å². The fourth-order valence-electron chi connectivity index (χ4n) is 1.58. The summed E-state index contributed by atoms with van der Waals surface area (Å²) in [7, 11) is 0. The van der Waals surface area contributed by atoms with Crippen LogP contribution in [0, 0.1) is 0 Å². The Labute approximate surface area is 106 Å². The SMILES string of the molecule is C=CC1=Nc2ccc(O)cc2OC1=CCOCC. The van der Waals surface area contributed by atoms with Crippen molar-refractivity contribution in [2.24, 2.45) is 4.99 Å². The van der Waals surface area contributed by atoms with Crippen molar-refractivity contribution in [1.82, 2.24) is 0 Å². The number of allylic oxidation sites excluding steroid dienone is 1. The smallest absolute Gasteiger partial charge is 0.156 e. The molecule has 1 aromatic rings. The molecule has 1 aromatic carbocycles. The van der Waals surface area contributed by atoms with Gasteiger partial charge in [0.1, 0.15) is 17.1 Å². The zero-order valence-corrected chi connectivity index (χ0v) is 10.2. The van der Waals surface area contributed by atoms with Crippen LogP contribution in [0.5, 0.6) is 11.5 Å². The second-order valence-corrected chi connectivity index (χ2v) is 3.68. The quantitative estimate of drug-likeness (QED) is 0.830. The van der Waals surface area contributed by atoms with Crippen molar-refractivity contribution in [3.8, 4) is 11.5 Å². The molecule has 94 valence electrons. The Balaban J connectivity index is 2.31. The lowest BCUT2D eigenvalue weighted by molar-refractivity contribution is 0.175. The van der Waals surface area contributed by atoms with Gasteiger partial charge in [-0.3, -0.25) is 0 Å². The highest BCUT2D eigenvalue weighted by atomic mass is 16.5. The second kappa shape index (κ2) is 5.51. The molecule has 0 fully saturated rings. The number of aliphatic imine (C=N–C) groups is 1. The van der Waals surface area contributed by atoms with E-state index in [1.54, 1.807) is 24.3 Å². The number of phenolic OH excluding ortho intramolecular Hbond substituents is 1. The van der Waals surface area contributed by atoms with Crippen LogP contribution in [0.2, 0.25) is 0 Å². The molecule has 0 spiro atoms. The molecule has 0 unspecified atom stereocenters. The Morgan fingerprint density at radius 2 is 2.33 bits per heavy atom. The summed E-state index contributed by atoms with van der Waals surface area (Å²) >= 11 is 0. The first kappa shape index (κ1) is 12.4. The van der Waals surface area contributed by atoms with Gasteiger partial charge in [0, 0.05) is 12.7 Å². The second-order valence-electron chi connectivity index (χ2n) is 3.68. The molecular weight excluding hydrogens is 230 g/mol. The number of phenols is 1. The molecule has 0 bridgehead atoms. The summed E-state index contributed by atoms with van der Waals surface area (Å²) in [5.74, 6) is 1.27. The van der Waals surface area contributed by atoms with Gasteiger partial charge in [-0.05, 0) is 31.2 Å². The molecule has 0 aromatic heterocycles. The van der Waals surface area contributed by atoms with Crippen LogP contribution in [0.15, 0.2) is 47.7 Å². The molecule has 1 heterocycles. The van der Waals surface area contributed by atoms with Gasteiger partial charge in [0.2, 0.25) is 0 Å². The van der Waals surface area contributed by atoms with Crippen LogP contribution in [-0.4, -0.2) is 24.0 Å². The minimum Gasteiger partial charge on any atom is -0.508 e. The summed E-state index contributed by atoms with van der Waals surface area (Å²) in [6.07, 6.45) is 3.44. The van der Waals surface area contributed by atoms with Crippen LogP contribution in [-0.2, 0) is 4.74 Å². The summed E-state index contributed by atoms with van der Waals surface area (Å²) in [4.78, 5) is 4.40. The summed E-state index contributed by atoms with van der Waals surface area (Å²) < 4.78 is 10.9. The number of rotatable bonds is 4. The number of ether oxygens (including phenoxy) is 2. The number of hydrogen-bond donors (Lipinski definition) is 1. The zero-order valence-electron chi connectivity index (χ0n) is 10.2. The average molecular weight is 245 g/mol. The standard InChI is InChI=1S/C14H15NO3/c1-3-11-13(7-8-17-4-2)18-14-9-10(16)5-6-12(14)15-11/h3,5-7,9,16H,1,4,8H2,2H3. The molecule has 1 aliphatic heterocycles. The number of nitrogens with zero attached hydrogens (tertiary/aromatic N) is 1. The number of fused-ring (bicyclic) bond motifs is 1. The maximum absolute atomic E-state index is 9.42. The number of hydrogen-bond acceptors (Lipinski definition) is 4. The molecule has 2 rings (SSSR count). The lowest BCUT2D eigenvalue weighted by Gasteiger charge is -2.18. The first-order chi connectivity index (χ1) is 8.74. The average Bonchev–Trinajstić information content (AvgIpc) is 2.38. The van der Waals surface area contributed by atoms with E-state index in [1.165, 1.54) is 6.07 Å². The molecule has 0 amide bonds. The summed E-state index contributed by atoms with van der Waals surface area (Å²) in [5.41, 5.74) is 1.34. The Hall–Kier alpha value is -2.07. The molecule has 0 saturated carbocycles. The van der Waals surface area contributed by atoms with Gasteiger partial charge in [0.25, 0.3) is 0 Å². The van der Waals surface area contributed by atoms with Crippen LogP contribution in [0.3, 0.4) is 0 Å². The van der Waals surface area contributed by atoms with E-state index in [0.717, 1.165) is 0 Å². The van der Waals surface area contributed by atoms with Crippen molar-refractivity contribution in [2.75, 3.05) is 13.2 Å². The Morgan fingerprint density at radius 3 is 3.06 bits per heavy atom. The molecule has 0 atom stereocenters. The molecule has 1 N–H and O–H groups in total. The van der Waals surface area contributed by atoms with Crippen LogP contribution >= 0.6 is 0 Å². The summed E-state index contributed by atoms with van der Waals surface area (Å²) in [5, 5.41) is 9.42. The van der Waals surface area contributed by atoms with Gasteiger partial charge in [-0.1, -0.05) is 6.58 Å². The van der Waals surface area contributed by atoms with E-state index in [2.05, 4.69) is 11.6 Å². The highest BCUT2D eigenvalue weighted by Gasteiger charge is 2.16. The highest BCUT2D eigenvalue weighted by molar-refractivity contribution is 6.09. The monoisotopic (exact) mass is 245 g/mol. The van der Waals surface area contributed by atoms with Crippen LogP contribution in [0.25, 0.3) is 0 Å². The van der Waals surface area contributed by atoms with Gasteiger partial charge in [0.15, 0.2) is 11.5 Å². The number of benzene rings is 1. The van der Waals surface area contributed by atoms with Gasteiger partial charge < -0.3 is 14.6 Å². The number of aromatic hydroxyl groups is 1. The lowest BCUT2D eigenvalue weighted by Crippen LogP contribution is -2.11. The van der Waals surface area contributed by atoms with E-state index < -0.39 is 0 Å². The maximum Gasteiger partial charge on any atom is 0.156 e. The third-order valence-corrected chi connectivity index (χ3v) is 2.44. The summed E-state index contributed by atoms with van der Waals surface area (Å²) in [6, 6.07) is 4.81. The van der Waals surface area contributed by atoms with Gasteiger partial charge in [-0.15, -0.1) is 0 Å². The predicted molar refractivity (Wildman–Crippen MR) is 70.6 cm³/mol. The predicted octanol–water partition coefficient (Wildman–Crippen LogP) is 2.96. The maximum atomic E-state index is 9.42. The largest absolute Gasteiger partial charge is 0.508 e. The topological polar surface area (TPSA) is 51.1 Å². The normalized spacial score (nSPS) is 15.8. The van der Waals surface area contributed by atoms with Gasteiger partial charge in [-0.25, -0.2) is 4.99 Å². The van der Waals surface area contributed by atoms with Crippen LogP contribution in [0.1, 0.15) is 6.92 Å². The first-order valence-corrected chi connectivity index (χ1v) is 5.75. The highest BCUT2D eigenvalue weighted by Crippen LogP contribution is 2.36. The van der Waals surface area contributed by atoms with Crippen LogP contribution in [0.4, 0.5) is 5.69 Å². The van der Waals surface area contributed by atoms with Crippen molar-refractivity contribution in [1.29, 1.82) is 0 Å². The molecular formula is C14H15NO3. The minimum atomic E-state index is 0.148. The van der Waals surface area contributed by atoms with Gasteiger partial charge in [0.05, 0.1) is 6.61 Å². The third kappa shape index (κ3) is 2.60. The van der Waals surface area contributed by atoms with E-state index in [9.17, 15) is 5.11 Å². The Bertz CT molecular complexity index is 518. The minimum absolute atomic E-state index is 0.148. The van der Waals surface area contributed by atoms with Crippen LogP contribution < -0.4 is 4.74 Å². The van der Waals surface area contributed by atoms with E-state index >= 15 is 0 Å². The van der Waals surface area contributed by atoms with E-state index in [0.29, 0.717) is 36.1 Å². The van der Waals surface area contributed by atoms with E-state index in [1.807, 2.05) is 6.92 Å². The Kier molecular flexibility index (Phi) is 3.79. The van der Waals surface area contributed by atoms with Gasteiger partial charge in [-0.2, -0.15) is 0 Å². The lowest BCUT2D eigenvalue weighted by atomic mass is 10.2. The zero-order chi connectivity index (χ0) is 13.0. The molecule has 4 heteroatoms. The van der Waals surface area contributed by atoms with Crippen molar-refractivity contribution in [3.63, 3.8) is 0 Å². The summed E-state index contributed by atoms with van der Waals surface area (Å²) in [6.45, 7) is 6.73. The van der Waals surface area contributed by atoms with Crippen molar-refractivity contribution < 1.29 is 14.6 Å². The van der Waals surface area contributed by atoms with E-state index in [-0.39, 0.29) is 5.75 Å². The molecule has 1 aliphatic rings. The molecule has 4 nitrogen and oxygen atoms in total. The Morgan fingerprint density at radius 1 is 1.50 bits per heavy atom. The van der Waals surface area contributed by atoms with Crippen molar-refractivity contribution in [3.05, 3.63) is 42.7 Å². The molecule has 0 radical (unpaired) electrons. The fraction of sp³-hybridized carbons (Fsp3) is 0.214. The third-order valence-electron chi connectivity index (χ3n) is 2.44. The van der Waals surface area contributed by atoms with Gasteiger partial charge >= 0.3 is 0 Å². The molecule has 0 aliphatic carbocycles.